The van der Waals surface area contributed by atoms with Gasteiger partial charge in [0, 0.05) is 30.1 Å². The van der Waals surface area contributed by atoms with Gasteiger partial charge in [0.15, 0.2) is 0 Å². The van der Waals surface area contributed by atoms with Gasteiger partial charge in [0.2, 0.25) is 10.0 Å². The van der Waals surface area contributed by atoms with Gasteiger partial charge in [-0.1, -0.05) is 0 Å². The first-order chi connectivity index (χ1) is 10.1. The highest BCUT2D eigenvalue weighted by Gasteiger charge is 2.33. The zero-order valence-corrected chi connectivity index (χ0v) is 13.8. The van der Waals surface area contributed by atoms with Crippen LogP contribution in [0.25, 0.3) is 0 Å². The summed E-state index contributed by atoms with van der Waals surface area (Å²) in [5, 5.41) is 3.40. The molecule has 0 aliphatic heterocycles. The predicted octanol–water partition coefficient (Wildman–Crippen LogP) is 1.85. The highest BCUT2D eigenvalue weighted by atomic mass is 32.2. The van der Waals surface area contributed by atoms with Crippen molar-refractivity contribution in [2.75, 3.05) is 6.61 Å². The maximum absolute atomic E-state index is 12.3. The lowest BCUT2D eigenvalue weighted by atomic mass is 9.90. The minimum Gasteiger partial charge on any atom is -0.378 e. The number of sulfonamides is 1. The van der Waals surface area contributed by atoms with Crippen molar-refractivity contribution in [1.82, 2.24) is 10.0 Å². The molecule has 0 radical (unpaired) electrons. The molecule has 0 saturated heterocycles. The lowest BCUT2D eigenvalue weighted by Gasteiger charge is -2.34. The van der Waals surface area contributed by atoms with Gasteiger partial charge in [-0.05, 0) is 44.7 Å². The van der Waals surface area contributed by atoms with E-state index in [-0.39, 0.29) is 12.1 Å². The van der Waals surface area contributed by atoms with Gasteiger partial charge in [-0.2, -0.15) is 0 Å². The van der Waals surface area contributed by atoms with Crippen molar-refractivity contribution in [3.8, 4) is 0 Å². The maximum atomic E-state index is 12.3. The number of hydrogen-bond donors (Lipinski definition) is 2. The third-order valence-corrected chi connectivity index (χ3v) is 6.96. The molecule has 1 heterocycles. The summed E-state index contributed by atoms with van der Waals surface area (Å²) in [6.45, 7) is 3.41. The van der Waals surface area contributed by atoms with E-state index >= 15 is 0 Å². The summed E-state index contributed by atoms with van der Waals surface area (Å²) in [5.41, 5.74) is 0. The van der Waals surface area contributed by atoms with Crippen molar-refractivity contribution >= 4 is 21.4 Å². The molecule has 2 aliphatic rings. The standard InChI is InChI=1S/C14H22N2O3S2/c1-2-19-12-7-11(8-12)16-21(17,18)14-6-5-13(20-14)9-15-10-3-4-10/h5-6,10-12,15-16H,2-4,7-9H2,1H3. The lowest BCUT2D eigenvalue weighted by Crippen LogP contribution is -2.47. The Hall–Kier alpha value is -0.470. The molecule has 1 aromatic heterocycles. The van der Waals surface area contributed by atoms with Gasteiger partial charge in [0.1, 0.15) is 4.21 Å². The average molecular weight is 330 g/mol. The number of ether oxygens (including phenoxy) is 1. The molecule has 0 aromatic carbocycles. The summed E-state index contributed by atoms with van der Waals surface area (Å²) in [7, 11) is -3.38. The molecule has 0 spiro atoms. The summed E-state index contributed by atoms with van der Waals surface area (Å²) < 4.78 is 33.2. The van der Waals surface area contributed by atoms with Gasteiger partial charge in [0.25, 0.3) is 0 Å². The van der Waals surface area contributed by atoms with E-state index in [1.165, 1.54) is 24.2 Å². The van der Waals surface area contributed by atoms with E-state index in [4.69, 9.17) is 4.74 Å². The van der Waals surface area contributed by atoms with Crippen LogP contribution in [-0.4, -0.2) is 33.2 Å². The molecule has 7 heteroatoms. The summed E-state index contributed by atoms with van der Waals surface area (Å²) in [6.07, 6.45) is 4.23. The van der Waals surface area contributed by atoms with Crippen LogP contribution in [0.1, 0.15) is 37.5 Å². The molecule has 2 N–H and O–H groups in total. The first kappa shape index (κ1) is 15.4. The monoisotopic (exact) mass is 330 g/mol. The number of nitrogens with one attached hydrogen (secondary N) is 2. The van der Waals surface area contributed by atoms with Crippen LogP contribution in [0.15, 0.2) is 16.3 Å². The molecule has 0 amide bonds. The van der Waals surface area contributed by atoms with Crippen molar-refractivity contribution in [2.24, 2.45) is 0 Å². The van der Waals surface area contributed by atoms with Crippen molar-refractivity contribution in [1.29, 1.82) is 0 Å². The Bertz CT molecular complexity index is 575. The van der Waals surface area contributed by atoms with E-state index < -0.39 is 10.0 Å². The Morgan fingerprint density at radius 1 is 1.29 bits per heavy atom. The van der Waals surface area contributed by atoms with Crippen molar-refractivity contribution < 1.29 is 13.2 Å². The van der Waals surface area contributed by atoms with E-state index in [9.17, 15) is 8.42 Å². The summed E-state index contributed by atoms with van der Waals surface area (Å²) in [4.78, 5) is 1.07. The maximum Gasteiger partial charge on any atom is 0.250 e. The van der Waals surface area contributed by atoms with Gasteiger partial charge in [-0.3, -0.25) is 0 Å². The molecule has 0 atom stereocenters. The van der Waals surface area contributed by atoms with Crippen LogP contribution >= 0.6 is 11.3 Å². The molecular formula is C14H22N2O3S2. The second-order valence-corrected chi connectivity index (χ2v) is 8.85. The Labute approximate surface area is 130 Å². The van der Waals surface area contributed by atoms with E-state index in [2.05, 4.69) is 10.0 Å². The molecule has 0 unspecified atom stereocenters. The van der Waals surface area contributed by atoms with Crippen LogP contribution in [0.4, 0.5) is 0 Å². The Morgan fingerprint density at radius 2 is 2.05 bits per heavy atom. The molecule has 1 aromatic rings. The van der Waals surface area contributed by atoms with Gasteiger partial charge in [-0.15, -0.1) is 11.3 Å². The Kier molecular flexibility index (Phi) is 4.66. The predicted molar refractivity (Wildman–Crippen MR) is 82.9 cm³/mol. The van der Waals surface area contributed by atoms with Crippen LogP contribution < -0.4 is 10.0 Å². The van der Waals surface area contributed by atoms with Crippen molar-refractivity contribution in [3.63, 3.8) is 0 Å². The van der Waals surface area contributed by atoms with Crippen LogP contribution in [0.5, 0.6) is 0 Å². The third kappa shape index (κ3) is 4.04. The number of rotatable bonds is 8. The SMILES string of the molecule is CCOC1CC(NS(=O)(=O)c2ccc(CNC3CC3)s2)C1. The first-order valence-electron chi connectivity index (χ1n) is 7.53. The molecule has 3 rings (SSSR count). The van der Waals surface area contributed by atoms with E-state index in [0.717, 1.165) is 24.3 Å². The molecule has 0 bridgehead atoms. The van der Waals surface area contributed by atoms with Gasteiger partial charge in [0.05, 0.1) is 6.10 Å². The largest absolute Gasteiger partial charge is 0.378 e. The van der Waals surface area contributed by atoms with Crippen LogP contribution in [0.3, 0.4) is 0 Å². The Morgan fingerprint density at radius 3 is 2.71 bits per heavy atom. The number of hydrogen-bond acceptors (Lipinski definition) is 5. The highest BCUT2D eigenvalue weighted by Crippen LogP contribution is 2.28. The number of thiophene rings is 1. The first-order valence-corrected chi connectivity index (χ1v) is 9.83. The van der Waals surface area contributed by atoms with Gasteiger partial charge < -0.3 is 10.1 Å². The average Bonchev–Trinajstić information content (AvgIpc) is 3.10. The third-order valence-electron chi connectivity index (χ3n) is 3.86. The molecular weight excluding hydrogens is 308 g/mol. The van der Waals surface area contributed by atoms with Gasteiger partial charge in [-0.25, -0.2) is 13.1 Å². The second-order valence-electron chi connectivity index (χ2n) is 5.74. The lowest BCUT2D eigenvalue weighted by molar-refractivity contribution is -0.00474. The highest BCUT2D eigenvalue weighted by molar-refractivity contribution is 7.91. The molecule has 21 heavy (non-hydrogen) atoms. The zero-order chi connectivity index (χ0) is 14.9. The normalized spacial score (nSPS) is 25.8. The fraction of sp³-hybridized carbons (Fsp3) is 0.714. The van der Waals surface area contributed by atoms with Crippen LogP contribution in [-0.2, 0) is 21.3 Å². The minimum absolute atomic E-state index is 0.0155. The summed E-state index contributed by atoms with van der Waals surface area (Å²) in [6, 6.07) is 4.26. The molecule has 2 saturated carbocycles. The Balaban J connectivity index is 1.52. The summed E-state index contributed by atoms with van der Waals surface area (Å²) >= 11 is 1.35. The van der Waals surface area contributed by atoms with Crippen LogP contribution in [0, 0.1) is 0 Å². The molecule has 5 nitrogen and oxygen atoms in total. The van der Waals surface area contributed by atoms with Crippen molar-refractivity contribution in [2.45, 2.75) is 61.5 Å². The zero-order valence-electron chi connectivity index (χ0n) is 12.2. The molecule has 2 fully saturated rings. The quantitative estimate of drug-likeness (QED) is 0.763. The molecule has 118 valence electrons. The fourth-order valence-corrected chi connectivity index (χ4v) is 5.03. The topological polar surface area (TPSA) is 67.4 Å². The smallest absolute Gasteiger partial charge is 0.250 e. The minimum atomic E-state index is -3.38. The fourth-order valence-electron chi connectivity index (χ4n) is 2.44. The summed E-state index contributed by atoms with van der Waals surface area (Å²) in [5.74, 6) is 0. The second kappa shape index (κ2) is 6.34. The molecule has 2 aliphatic carbocycles. The van der Waals surface area contributed by atoms with E-state index in [1.807, 2.05) is 13.0 Å². The van der Waals surface area contributed by atoms with E-state index in [1.54, 1.807) is 6.07 Å². The van der Waals surface area contributed by atoms with Crippen molar-refractivity contribution in [3.05, 3.63) is 17.0 Å². The van der Waals surface area contributed by atoms with Gasteiger partial charge >= 0.3 is 0 Å². The van der Waals surface area contributed by atoms with E-state index in [0.29, 0.717) is 16.9 Å². The van der Waals surface area contributed by atoms with Crippen LogP contribution in [0.2, 0.25) is 0 Å².